The number of rotatable bonds is 5. The number of para-hydroxylation sites is 2. The van der Waals surface area contributed by atoms with Gasteiger partial charge in [-0.25, -0.2) is 9.59 Å². The number of carbonyl (C=O) groups is 2. The van der Waals surface area contributed by atoms with Gasteiger partial charge in [0.15, 0.2) is 11.5 Å². The van der Waals surface area contributed by atoms with Crippen LogP contribution in [0.15, 0.2) is 36.4 Å². The molecular weight excluding hydrogens is 306 g/mol. The summed E-state index contributed by atoms with van der Waals surface area (Å²) >= 11 is 0. The zero-order valence-electron chi connectivity index (χ0n) is 12.5. The number of hydrogen-bond acceptors (Lipinski definition) is 6. The maximum absolute atomic E-state index is 9.59. The van der Waals surface area contributed by atoms with Gasteiger partial charge in [-0.2, -0.15) is 0 Å². The predicted molar refractivity (Wildman–Crippen MR) is 80.7 cm³/mol. The lowest BCUT2D eigenvalue weighted by Crippen LogP contribution is -2.29. The zero-order chi connectivity index (χ0) is 17.2. The summed E-state index contributed by atoms with van der Waals surface area (Å²) in [5, 5.41) is 28.3. The fourth-order valence-corrected chi connectivity index (χ4v) is 1.78. The first-order valence-corrected chi connectivity index (χ1v) is 6.76. The van der Waals surface area contributed by atoms with Crippen LogP contribution in [0.1, 0.15) is 0 Å². The molecule has 0 unspecified atom stereocenters. The molecule has 1 aliphatic rings. The van der Waals surface area contributed by atoms with E-state index in [-0.39, 0.29) is 6.10 Å². The van der Waals surface area contributed by atoms with Gasteiger partial charge in [0.05, 0.1) is 7.11 Å². The lowest BCUT2D eigenvalue weighted by molar-refractivity contribution is -0.134. The summed E-state index contributed by atoms with van der Waals surface area (Å²) in [4.78, 5) is 19.1. The molecule has 126 valence electrons. The van der Waals surface area contributed by atoms with Gasteiger partial charge in [-0.15, -0.1) is 0 Å². The van der Waals surface area contributed by atoms with E-state index >= 15 is 0 Å². The van der Waals surface area contributed by atoms with Crippen molar-refractivity contribution < 1.29 is 34.4 Å². The molecule has 0 aromatic heterocycles. The molecular formula is C15H19NO7. The molecule has 0 aliphatic carbocycles. The van der Waals surface area contributed by atoms with Gasteiger partial charge in [-0.3, -0.25) is 0 Å². The quantitative estimate of drug-likeness (QED) is 0.563. The Labute approximate surface area is 133 Å². The number of ether oxygens (including phenoxy) is 2. The van der Waals surface area contributed by atoms with Crippen LogP contribution in [-0.4, -0.2) is 59.7 Å². The molecule has 1 aromatic carbocycles. The summed E-state index contributed by atoms with van der Waals surface area (Å²) in [5.41, 5.74) is 0. The highest BCUT2D eigenvalue weighted by Gasteiger charge is 2.27. The lowest BCUT2D eigenvalue weighted by Gasteiger charge is -2.17. The molecule has 0 amide bonds. The van der Waals surface area contributed by atoms with Crippen molar-refractivity contribution in [3.63, 3.8) is 0 Å². The summed E-state index contributed by atoms with van der Waals surface area (Å²) in [6.45, 7) is 1.25. The van der Waals surface area contributed by atoms with Crippen LogP contribution in [0.25, 0.3) is 0 Å². The molecule has 2 rings (SSSR count). The molecule has 1 fully saturated rings. The van der Waals surface area contributed by atoms with E-state index in [1.807, 2.05) is 24.3 Å². The van der Waals surface area contributed by atoms with E-state index in [0.717, 1.165) is 0 Å². The number of carboxylic acids is 2. The van der Waals surface area contributed by atoms with Crippen LogP contribution in [-0.2, 0) is 9.59 Å². The van der Waals surface area contributed by atoms with Crippen LogP contribution in [0, 0.1) is 0 Å². The number of β-amino-alcohol motifs (C(OH)–C–C–N with tert-alkyl or cyclic N) is 1. The summed E-state index contributed by atoms with van der Waals surface area (Å²) in [5.74, 6) is -1.15. The molecule has 0 saturated carbocycles. The number of aliphatic hydroxyl groups excluding tert-OH is 1. The van der Waals surface area contributed by atoms with Gasteiger partial charge in [-0.05, 0) is 12.1 Å². The van der Waals surface area contributed by atoms with Gasteiger partial charge < -0.3 is 30.1 Å². The van der Waals surface area contributed by atoms with Crippen molar-refractivity contribution in [3.05, 3.63) is 36.4 Å². The monoisotopic (exact) mass is 325 g/mol. The third kappa shape index (κ3) is 6.81. The molecule has 1 aliphatic heterocycles. The fraction of sp³-hybridized carbons (Fsp3) is 0.333. The highest BCUT2D eigenvalue weighted by atomic mass is 16.5. The first kappa shape index (κ1) is 18.5. The number of nitrogens with one attached hydrogen (secondary N) is 1. The van der Waals surface area contributed by atoms with Crippen LogP contribution in [0.4, 0.5) is 0 Å². The third-order valence-corrected chi connectivity index (χ3v) is 2.84. The largest absolute Gasteiger partial charge is 0.493 e. The predicted octanol–water partition coefficient (Wildman–Crippen LogP) is 0.119. The molecule has 0 radical (unpaired) electrons. The molecule has 1 heterocycles. The van der Waals surface area contributed by atoms with Crippen molar-refractivity contribution in [2.45, 2.75) is 12.2 Å². The highest BCUT2D eigenvalue weighted by Crippen LogP contribution is 2.27. The number of carboxylic acid groups (broad SMARTS) is 2. The third-order valence-electron chi connectivity index (χ3n) is 2.84. The number of methoxy groups -OCH3 is 1. The van der Waals surface area contributed by atoms with Gasteiger partial charge in [0.25, 0.3) is 0 Å². The van der Waals surface area contributed by atoms with Crippen molar-refractivity contribution in [1.29, 1.82) is 0 Å². The van der Waals surface area contributed by atoms with Gasteiger partial charge in [0.2, 0.25) is 0 Å². The van der Waals surface area contributed by atoms with Gasteiger partial charge in [0.1, 0.15) is 12.2 Å². The summed E-state index contributed by atoms with van der Waals surface area (Å²) in [7, 11) is 1.60. The Bertz CT molecular complexity index is 543. The maximum Gasteiger partial charge on any atom is 0.328 e. The fourth-order valence-electron chi connectivity index (χ4n) is 1.78. The molecule has 4 N–H and O–H groups in total. The summed E-state index contributed by atoms with van der Waals surface area (Å²) in [6.07, 6.45) is 0.473. The normalized spacial score (nSPS) is 19.7. The second-order valence-electron chi connectivity index (χ2n) is 4.54. The van der Waals surface area contributed by atoms with E-state index in [4.69, 9.17) is 19.7 Å². The van der Waals surface area contributed by atoms with Gasteiger partial charge in [0, 0.05) is 25.2 Å². The first-order chi connectivity index (χ1) is 10.9. The van der Waals surface area contributed by atoms with Crippen molar-refractivity contribution in [3.8, 4) is 11.5 Å². The smallest absolute Gasteiger partial charge is 0.328 e. The second-order valence-corrected chi connectivity index (χ2v) is 4.54. The van der Waals surface area contributed by atoms with Crippen LogP contribution < -0.4 is 14.8 Å². The molecule has 8 heteroatoms. The van der Waals surface area contributed by atoms with Crippen LogP contribution in [0.2, 0.25) is 0 Å². The summed E-state index contributed by atoms with van der Waals surface area (Å²) < 4.78 is 10.8. The lowest BCUT2D eigenvalue weighted by atomic mass is 10.2. The SMILES string of the molecule is COc1ccccc1O[C@H]1CNC[C@@H]1O.O=C(O)/C=C/C(=O)O. The number of aliphatic carboxylic acids is 2. The Morgan fingerprint density at radius 3 is 2.13 bits per heavy atom. The topological polar surface area (TPSA) is 125 Å². The Balaban J connectivity index is 0.000000284. The van der Waals surface area contributed by atoms with Gasteiger partial charge >= 0.3 is 11.9 Å². The van der Waals surface area contributed by atoms with Crippen LogP contribution >= 0.6 is 0 Å². The number of benzene rings is 1. The number of aliphatic hydroxyl groups is 1. The molecule has 2 atom stereocenters. The second kappa shape index (κ2) is 9.44. The van der Waals surface area contributed by atoms with E-state index in [1.54, 1.807) is 7.11 Å². The first-order valence-electron chi connectivity index (χ1n) is 6.76. The van der Waals surface area contributed by atoms with E-state index in [2.05, 4.69) is 5.32 Å². The molecule has 8 nitrogen and oxygen atoms in total. The standard InChI is InChI=1S/C11H15NO3.C4H4O4/c1-14-9-4-2-3-5-10(9)15-11-7-12-6-8(11)13;5-3(6)1-2-4(7)8/h2-5,8,11-13H,6-7H2,1H3;1-2H,(H,5,6)(H,7,8)/b;2-1+/t8-,11-;/m0./s1. The van der Waals surface area contributed by atoms with E-state index in [1.165, 1.54) is 0 Å². The Morgan fingerprint density at radius 2 is 1.70 bits per heavy atom. The Kier molecular flexibility index (Phi) is 7.58. The minimum Gasteiger partial charge on any atom is -0.493 e. The van der Waals surface area contributed by atoms with Crippen LogP contribution in [0.3, 0.4) is 0 Å². The van der Waals surface area contributed by atoms with Crippen molar-refractivity contribution >= 4 is 11.9 Å². The van der Waals surface area contributed by atoms with E-state index in [9.17, 15) is 14.7 Å². The Hall–Kier alpha value is -2.58. The highest BCUT2D eigenvalue weighted by molar-refractivity contribution is 5.89. The molecule has 0 bridgehead atoms. The van der Waals surface area contributed by atoms with Gasteiger partial charge in [-0.1, -0.05) is 12.1 Å². The minimum atomic E-state index is -1.26. The average molecular weight is 325 g/mol. The average Bonchev–Trinajstić information content (AvgIpc) is 2.92. The van der Waals surface area contributed by atoms with E-state index < -0.39 is 18.0 Å². The zero-order valence-corrected chi connectivity index (χ0v) is 12.5. The van der Waals surface area contributed by atoms with Crippen molar-refractivity contribution in [2.75, 3.05) is 20.2 Å². The Morgan fingerprint density at radius 1 is 1.13 bits per heavy atom. The number of hydrogen-bond donors (Lipinski definition) is 4. The van der Waals surface area contributed by atoms with Crippen molar-refractivity contribution in [2.24, 2.45) is 0 Å². The summed E-state index contributed by atoms with van der Waals surface area (Å²) in [6, 6.07) is 7.44. The minimum absolute atomic E-state index is 0.193. The van der Waals surface area contributed by atoms with Crippen LogP contribution in [0.5, 0.6) is 11.5 Å². The molecule has 1 aromatic rings. The van der Waals surface area contributed by atoms with E-state index in [0.29, 0.717) is 36.7 Å². The molecule has 1 saturated heterocycles. The molecule has 0 spiro atoms. The molecule has 23 heavy (non-hydrogen) atoms. The van der Waals surface area contributed by atoms with Crippen molar-refractivity contribution in [1.82, 2.24) is 5.32 Å². The maximum atomic E-state index is 9.59.